The smallest absolute Gasteiger partial charge is 0.220 e. The first-order valence-corrected chi connectivity index (χ1v) is 5.51. The minimum atomic E-state index is 0.0874. The number of methoxy groups -OCH3 is 1. The van der Waals surface area contributed by atoms with Crippen LogP contribution in [0.15, 0.2) is 0 Å². The van der Waals surface area contributed by atoms with Crippen molar-refractivity contribution in [3.05, 3.63) is 0 Å². The molecule has 3 nitrogen and oxygen atoms in total. The van der Waals surface area contributed by atoms with Crippen molar-refractivity contribution in [1.82, 2.24) is 5.32 Å². The molecule has 2 rings (SSSR count). The summed E-state index contributed by atoms with van der Waals surface area (Å²) >= 11 is 0. The molecule has 1 heterocycles. The fourth-order valence-corrected chi connectivity index (χ4v) is 3.17. The van der Waals surface area contributed by atoms with E-state index in [0.717, 1.165) is 12.8 Å². The number of hydrogen-bond donors (Lipinski definition) is 1. The van der Waals surface area contributed by atoms with E-state index in [-0.39, 0.29) is 23.5 Å². The van der Waals surface area contributed by atoms with Crippen molar-refractivity contribution in [2.24, 2.45) is 5.41 Å². The first-order valence-electron chi connectivity index (χ1n) is 5.51. The number of amides is 1. The summed E-state index contributed by atoms with van der Waals surface area (Å²) in [5, 5.41) is 3.02. The van der Waals surface area contributed by atoms with Gasteiger partial charge < -0.3 is 10.1 Å². The lowest BCUT2D eigenvalue weighted by Crippen LogP contribution is -2.46. The van der Waals surface area contributed by atoms with E-state index < -0.39 is 0 Å². The zero-order valence-corrected chi connectivity index (χ0v) is 9.01. The Morgan fingerprint density at radius 1 is 1.50 bits per heavy atom. The fraction of sp³-hybridized carbons (Fsp3) is 0.909. The SMILES string of the molecule is COC1CCCCC12CC(=O)NC2C. The molecule has 0 radical (unpaired) electrons. The van der Waals surface area contributed by atoms with Gasteiger partial charge in [0.25, 0.3) is 0 Å². The predicted molar refractivity (Wildman–Crippen MR) is 53.9 cm³/mol. The number of hydrogen-bond acceptors (Lipinski definition) is 2. The van der Waals surface area contributed by atoms with E-state index in [0.29, 0.717) is 6.42 Å². The quantitative estimate of drug-likeness (QED) is 0.691. The molecule has 3 atom stereocenters. The molecule has 1 aliphatic heterocycles. The summed E-state index contributed by atoms with van der Waals surface area (Å²) in [5.74, 6) is 0.196. The van der Waals surface area contributed by atoms with E-state index in [1.54, 1.807) is 7.11 Å². The number of nitrogens with one attached hydrogen (secondary N) is 1. The normalized spacial score (nSPS) is 42.9. The summed E-state index contributed by atoms with van der Waals surface area (Å²) in [4.78, 5) is 11.4. The highest BCUT2D eigenvalue weighted by Crippen LogP contribution is 2.46. The third-order valence-electron chi connectivity index (χ3n) is 4.01. The molecule has 3 heteroatoms. The van der Waals surface area contributed by atoms with Crippen LogP contribution < -0.4 is 5.32 Å². The van der Waals surface area contributed by atoms with Crippen LogP contribution in [0.4, 0.5) is 0 Å². The average molecular weight is 197 g/mol. The van der Waals surface area contributed by atoms with Gasteiger partial charge in [0, 0.05) is 25.0 Å². The molecule has 0 aromatic heterocycles. The standard InChI is InChI=1S/C11H19NO2/c1-8-11(7-10(13)12-8)6-4-3-5-9(11)14-2/h8-9H,3-7H2,1-2H3,(H,12,13). The van der Waals surface area contributed by atoms with Gasteiger partial charge in [-0.15, -0.1) is 0 Å². The average Bonchev–Trinajstić information content (AvgIpc) is 2.43. The molecule has 1 spiro atoms. The van der Waals surface area contributed by atoms with E-state index in [2.05, 4.69) is 12.2 Å². The maximum absolute atomic E-state index is 11.4. The number of carbonyl (C=O) groups is 1. The molecule has 0 bridgehead atoms. The first-order chi connectivity index (χ1) is 6.69. The second-order valence-electron chi connectivity index (χ2n) is 4.67. The van der Waals surface area contributed by atoms with Crippen LogP contribution in [0.2, 0.25) is 0 Å². The molecule has 80 valence electrons. The van der Waals surface area contributed by atoms with Gasteiger partial charge in [-0.25, -0.2) is 0 Å². The summed E-state index contributed by atoms with van der Waals surface area (Å²) in [5.41, 5.74) is 0.0874. The molecular formula is C11H19NO2. The minimum Gasteiger partial charge on any atom is -0.381 e. The van der Waals surface area contributed by atoms with Crippen molar-refractivity contribution >= 4 is 5.91 Å². The van der Waals surface area contributed by atoms with E-state index in [4.69, 9.17) is 4.74 Å². The molecule has 1 saturated carbocycles. The highest BCUT2D eigenvalue weighted by atomic mass is 16.5. The fourth-order valence-electron chi connectivity index (χ4n) is 3.17. The summed E-state index contributed by atoms with van der Waals surface area (Å²) in [6.07, 6.45) is 5.64. The Kier molecular flexibility index (Phi) is 2.52. The molecule has 1 N–H and O–H groups in total. The Balaban J connectivity index is 2.22. The van der Waals surface area contributed by atoms with Gasteiger partial charge in [-0.1, -0.05) is 12.8 Å². The van der Waals surface area contributed by atoms with Crippen LogP contribution in [0.25, 0.3) is 0 Å². The van der Waals surface area contributed by atoms with Crippen LogP contribution in [0.1, 0.15) is 39.0 Å². The summed E-state index contributed by atoms with van der Waals surface area (Å²) in [6, 6.07) is 0.278. The number of rotatable bonds is 1. The van der Waals surface area contributed by atoms with Crippen molar-refractivity contribution < 1.29 is 9.53 Å². The molecule has 2 fully saturated rings. The highest BCUT2D eigenvalue weighted by Gasteiger charge is 2.51. The van der Waals surface area contributed by atoms with Crippen molar-refractivity contribution in [3.8, 4) is 0 Å². The van der Waals surface area contributed by atoms with Crippen LogP contribution in [-0.4, -0.2) is 25.2 Å². The van der Waals surface area contributed by atoms with Gasteiger partial charge in [0.2, 0.25) is 5.91 Å². The maximum Gasteiger partial charge on any atom is 0.220 e. The molecule has 1 amide bonds. The number of carbonyl (C=O) groups excluding carboxylic acids is 1. The Bertz CT molecular complexity index is 241. The highest BCUT2D eigenvalue weighted by molar-refractivity contribution is 5.80. The second-order valence-corrected chi connectivity index (χ2v) is 4.67. The molecule has 14 heavy (non-hydrogen) atoms. The van der Waals surface area contributed by atoms with Gasteiger partial charge in [0.15, 0.2) is 0 Å². The van der Waals surface area contributed by atoms with Crippen LogP contribution in [0.3, 0.4) is 0 Å². The van der Waals surface area contributed by atoms with Crippen molar-refractivity contribution in [2.75, 3.05) is 7.11 Å². The van der Waals surface area contributed by atoms with Crippen molar-refractivity contribution in [2.45, 2.75) is 51.2 Å². The van der Waals surface area contributed by atoms with Gasteiger partial charge in [-0.3, -0.25) is 4.79 Å². The second kappa shape index (κ2) is 3.54. The Labute approximate surface area is 85.2 Å². The largest absolute Gasteiger partial charge is 0.381 e. The summed E-state index contributed by atoms with van der Waals surface area (Å²) in [7, 11) is 1.77. The van der Waals surface area contributed by atoms with E-state index >= 15 is 0 Å². The van der Waals surface area contributed by atoms with Gasteiger partial charge in [0.05, 0.1) is 6.10 Å². The zero-order chi connectivity index (χ0) is 10.2. The predicted octanol–water partition coefficient (Wildman–Crippen LogP) is 1.47. The van der Waals surface area contributed by atoms with Crippen molar-refractivity contribution in [3.63, 3.8) is 0 Å². The Morgan fingerprint density at radius 3 is 2.86 bits per heavy atom. The molecule has 3 unspecified atom stereocenters. The molecule has 0 aromatic carbocycles. The Morgan fingerprint density at radius 2 is 2.29 bits per heavy atom. The van der Waals surface area contributed by atoms with Gasteiger partial charge >= 0.3 is 0 Å². The van der Waals surface area contributed by atoms with E-state index in [1.165, 1.54) is 12.8 Å². The van der Waals surface area contributed by atoms with Crippen LogP contribution in [0.5, 0.6) is 0 Å². The summed E-state index contributed by atoms with van der Waals surface area (Å²) < 4.78 is 5.56. The third-order valence-corrected chi connectivity index (χ3v) is 4.01. The lowest BCUT2D eigenvalue weighted by molar-refractivity contribution is -0.121. The third kappa shape index (κ3) is 1.34. The molecule has 1 saturated heterocycles. The number of ether oxygens (including phenoxy) is 1. The van der Waals surface area contributed by atoms with Crippen LogP contribution in [-0.2, 0) is 9.53 Å². The summed E-state index contributed by atoms with van der Waals surface area (Å²) in [6.45, 7) is 2.11. The maximum atomic E-state index is 11.4. The van der Waals surface area contributed by atoms with Gasteiger partial charge in [-0.05, 0) is 19.8 Å². The molecule has 2 aliphatic rings. The molecule has 1 aliphatic carbocycles. The van der Waals surface area contributed by atoms with E-state index in [1.807, 2.05) is 0 Å². The molecule has 0 aromatic rings. The van der Waals surface area contributed by atoms with E-state index in [9.17, 15) is 4.79 Å². The topological polar surface area (TPSA) is 38.3 Å². The van der Waals surface area contributed by atoms with Crippen LogP contribution >= 0.6 is 0 Å². The monoisotopic (exact) mass is 197 g/mol. The van der Waals surface area contributed by atoms with Crippen molar-refractivity contribution in [1.29, 1.82) is 0 Å². The minimum absolute atomic E-state index is 0.0874. The zero-order valence-electron chi connectivity index (χ0n) is 9.01. The Hall–Kier alpha value is -0.570. The lowest BCUT2D eigenvalue weighted by Gasteiger charge is -2.42. The molecular weight excluding hydrogens is 178 g/mol. The van der Waals surface area contributed by atoms with Gasteiger partial charge in [0.1, 0.15) is 0 Å². The lowest BCUT2D eigenvalue weighted by atomic mass is 9.67. The van der Waals surface area contributed by atoms with Gasteiger partial charge in [-0.2, -0.15) is 0 Å². The first kappa shape index (κ1) is 9.97. The van der Waals surface area contributed by atoms with Crippen LogP contribution in [0, 0.1) is 5.41 Å².